The predicted octanol–water partition coefficient (Wildman–Crippen LogP) is 3.01. The van der Waals surface area contributed by atoms with Gasteiger partial charge < -0.3 is 10.2 Å². The Balaban J connectivity index is 1.65. The predicted molar refractivity (Wildman–Crippen MR) is 102 cm³/mol. The third-order valence-corrected chi connectivity index (χ3v) is 4.10. The van der Waals surface area contributed by atoms with Gasteiger partial charge in [0.05, 0.1) is 7.05 Å². The molecular formula is C22H23N2O+. The third-order valence-electron chi connectivity index (χ3n) is 4.10. The van der Waals surface area contributed by atoms with Gasteiger partial charge in [0.1, 0.15) is 6.54 Å². The number of para-hydroxylation sites is 1. The molecule has 3 aromatic rings. The zero-order valence-corrected chi connectivity index (χ0v) is 14.4. The lowest BCUT2D eigenvalue weighted by molar-refractivity contribution is -0.885. The van der Waals surface area contributed by atoms with Crippen molar-refractivity contribution in [3.8, 4) is 11.1 Å². The topological polar surface area (TPSA) is 33.5 Å². The number of carbonyl (C=O) groups excluding carboxylic acids is 1. The summed E-state index contributed by atoms with van der Waals surface area (Å²) in [5, 5.41) is 3.07. The summed E-state index contributed by atoms with van der Waals surface area (Å²) in [6.45, 7) is 1.26. The van der Waals surface area contributed by atoms with Crippen molar-refractivity contribution in [1.82, 2.24) is 0 Å². The van der Waals surface area contributed by atoms with Crippen molar-refractivity contribution >= 4 is 11.6 Å². The van der Waals surface area contributed by atoms with Crippen LogP contribution in [0.25, 0.3) is 11.1 Å². The van der Waals surface area contributed by atoms with Gasteiger partial charge in [-0.25, -0.2) is 0 Å². The molecule has 0 heterocycles. The molecule has 0 radical (unpaired) electrons. The lowest BCUT2D eigenvalue weighted by Crippen LogP contribution is -3.08. The second kappa shape index (κ2) is 8.27. The van der Waals surface area contributed by atoms with Gasteiger partial charge in [-0.3, -0.25) is 4.79 Å². The summed E-state index contributed by atoms with van der Waals surface area (Å²) in [4.78, 5) is 13.6. The molecule has 1 unspecified atom stereocenters. The molecular weight excluding hydrogens is 308 g/mol. The highest BCUT2D eigenvalue weighted by Gasteiger charge is 2.13. The monoisotopic (exact) mass is 331 g/mol. The van der Waals surface area contributed by atoms with Crippen LogP contribution in [0, 0.1) is 0 Å². The van der Waals surface area contributed by atoms with Crippen molar-refractivity contribution < 1.29 is 9.69 Å². The van der Waals surface area contributed by atoms with E-state index in [1.54, 1.807) is 0 Å². The summed E-state index contributed by atoms with van der Waals surface area (Å²) in [7, 11) is 2.04. The van der Waals surface area contributed by atoms with Gasteiger partial charge in [-0.1, -0.05) is 78.9 Å². The zero-order valence-electron chi connectivity index (χ0n) is 14.4. The zero-order chi connectivity index (χ0) is 17.5. The van der Waals surface area contributed by atoms with Gasteiger partial charge in [-0.15, -0.1) is 0 Å². The minimum atomic E-state index is 0.0248. The Labute approximate surface area is 148 Å². The number of quaternary nitrogens is 1. The molecule has 2 N–H and O–H groups in total. The first-order chi connectivity index (χ1) is 12.2. The van der Waals surface area contributed by atoms with Crippen LogP contribution in [0.15, 0.2) is 84.9 Å². The number of rotatable bonds is 6. The van der Waals surface area contributed by atoms with Crippen LogP contribution in [0.1, 0.15) is 5.56 Å². The van der Waals surface area contributed by atoms with Gasteiger partial charge in [0.25, 0.3) is 5.91 Å². The average Bonchev–Trinajstić information content (AvgIpc) is 2.63. The molecule has 0 aliphatic rings. The number of hydrogen-bond donors (Lipinski definition) is 2. The number of likely N-dealkylation sites (N-methyl/N-ethyl adjacent to an activating group) is 1. The summed E-state index contributed by atoms with van der Waals surface area (Å²) in [5.74, 6) is 0.0248. The Bertz CT molecular complexity index is 816. The quantitative estimate of drug-likeness (QED) is 0.715. The van der Waals surface area contributed by atoms with Gasteiger partial charge >= 0.3 is 0 Å². The fourth-order valence-corrected chi connectivity index (χ4v) is 2.94. The Morgan fingerprint density at radius 3 is 2.16 bits per heavy atom. The molecule has 0 saturated heterocycles. The Hall–Kier alpha value is -2.91. The fraction of sp³-hybridized carbons (Fsp3) is 0.136. The van der Waals surface area contributed by atoms with Crippen LogP contribution < -0.4 is 10.2 Å². The van der Waals surface area contributed by atoms with Crippen molar-refractivity contribution in [2.75, 3.05) is 18.9 Å². The van der Waals surface area contributed by atoms with Crippen LogP contribution in [0.4, 0.5) is 5.69 Å². The van der Waals surface area contributed by atoms with Crippen molar-refractivity contribution in [3.05, 3.63) is 90.5 Å². The van der Waals surface area contributed by atoms with E-state index in [2.05, 4.69) is 29.6 Å². The van der Waals surface area contributed by atoms with E-state index >= 15 is 0 Å². The third kappa shape index (κ3) is 4.78. The number of hydrogen-bond acceptors (Lipinski definition) is 1. The summed E-state index contributed by atoms with van der Waals surface area (Å²) in [5.41, 5.74) is 4.23. The number of benzene rings is 3. The van der Waals surface area contributed by atoms with E-state index in [1.165, 1.54) is 5.56 Å². The second-order valence-electron chi connectivity index (χ2n) is 6.26. The molecule has 0 bridgehead atoms. The van der Waals surface area contributed by atoms with E-state index in [0.29, 0.717) is 6.54 Å². The van der Waals surface area contributed by atoms with E-state index < -0.39 is 0 Å². The van der Waals surface area contributed by atoms with Crippen molar-refractivity contribution in [1.29, 1.82) is 0 Å². The number of nitrogens with one attached hydrogen (secondary N) is 2. The standard InChI is InChI=1S/C22H22N2O/c1-24(16-18-10-4-2-5-11-18)17-22(25)23-21-15-9-8-14-20(21)19-12-6-3-7-13-19/h2-15H,16-17H2,1H3,(H,23,25)/p+1. The van der Waals surface area contributed by atoms with E-state index in [0.717, 1.165) is 28.3 Å². The molecule has 0 spiro atoms. The first-order valence-corrected chi connectivity index (χ1v) is 8.52. The Kier molecular flexibility index (Phi) is 5.60. The highest BCUT2D eigenvalue weighted by atomic mass is 16.2. The minimum Gasteiger partial charge on any atom is -0.326 e. The summed E-state index contributed by atoms with van der Waals surface area (Å²) in [6.07, 6.45) is 0. The van der Waals surface area contributed by atoms with Gasteiger partial charge in [0, 0.05) is 16.8 Å². The molecule has 3 heteroatoms. The number of amides is 1. The number of anilines is 1. The molecule has 0 saturated carbocycles. The molecule has 0 aliphatic carbocycles. The molecule has 0 aliphatic heterocycles. The van der Waals surface area contributed by atoms with E-state index in [9.17, 15) is 4.79 Å². The molecule has 3 nitrogen and oxygen atoms in total. The second-order valence-corrected chi connectivity index (χ2v) is 6.26. The van der Waals surface area contributed by atoms with Crippen molar-refractivity contribution in [2.24, 2.45) is 0 Å². The van der Waals surface area contributed by atoms with E-state index in [1.807, 2.05) is 67.7 Å². The highest BCUT2D eigenvalue weighted by Crippen LogP contribution is 2.27. The maximum Gasteiger partial charge on any atom is 0.279 e. The Morgan fingerprint density at radius 1 is 0.840 bits per heavy atom. The normalized spacial score (nSPS) is 11.7. The SMILES string of the molecule is C[NH+](CC(=O)Nc1ccccc1-c1ccccc1)Cc1ccccc1. The molecule has 3 rings (SSSR count). The van der Waals surface area contributed by atoms with Crippen LogP contribution in [0.2, 0.25) is 0 Å². The van der Waals surface area contributed by atoms with Crippen LogP contribution in [0.5, 0.6) is 0 Å². The molecule has 25 heavy (non-hydrogen) atoms. The smallest absolute Gasteiger partial charge is 0.279 e. The summed E-state index contributed by atoms with van der Waals surface area (Å²) in [6, 6.07) is 28.3. The van der Waals surface area contributed by atoms with Gasteiger partial charge in [-0.2, -0.15) is 0 Å². The van der Waals surface area contributed by atoms with Crippen molar-refractivity contribution in [2.45, 2.75) is 6.54 Å². The lowest BCUT2D eigenvalue weighted by atomic mass is 10.0. The van der Waals surface area contributed by atoms with Crippen LogP contribution in [-0.4, -0.2) is 19.5 Å². The molecule has 0 fully saturated rings. The highest BCUT2D eigenvalue weighted by molar-refractivity contribution is 5.96. The lowest BCUT2D eigenvalue weighted by Gasteiger charge is -2.15. The summed E-state index contributed by atoms with van der Waals surface area (Å²) >= 11 is 0. The fourth-order valence-electron chi connectivity index (χ4n) is 2.94. The van der Waals surface area contributed by atoms with Crippen LogP contribution in [0.3, 0.4) is 0 Å². The molecule has 126 valence electrons. The maximum atomic E-state index is 12.5. The average molecular weight is 331 g/mol. The first-order valence-electron chi connectivity index (χ1n) is 8.52. The van der Waals surface area contributed by atoms with Crippen LogP contribution >= 0.6 is 0 Å². The van der Waals surface area contributed by atoms with Gasteiger partial charge in [0.15, 0.2) is 6.54 Å². The summed E-state index contributed by atoms with van der Waals surface area (Å²) < 4.78 is 0. The molecule has 1 amide bonds. The molecule has 0 aromatic heterocycles. The van der Waals surface area contributed by atoms with Crippen molar-refractivity contribution in [3.63, 3.8) is 0 Å². The Morgan fingerprint density at radius 2 is 1.44 bits per heavy atom. The molecule has 3 aromatic carbocycles. The number of carbonyl (C=O) groups is 1. The van der Waals surface area contributed by atoms with E-state index in [4.69, 9.17) is 0 Å². The van der Waals surface area contributed by atoms with Crippen LogP contribution in [-0.2, 0) is 11.3 Å². The first kappa shape index (κ1) is 16.9. The maximum absolute atomic E-state index is 12.5. The largest absolute Gasteiger partial charge is 0.326 e. The minimum absolute atomic E-state index is 0.0248. The van der Waals surface area contributed by atoms with Gasteiger partial charge in [0.2, 0.25) is 0 Å². The van der Waals surface area contributed by atoms with E-state index in [-0.39, 0.29) is 5.91 Å². The van der Waals surface area contributed by atoms with Gasteiger partial charge in [-0.05, 0) is 11.6 Å². The molecule has 1 atom stereocenters.